The van der Waals surface area contributed by atoms with Crippen LogP contribution in [0, 0.1) is 11.6 Å². The van der Waals surface area contributed by atoms with E-state index in [-0.39, 0.29) is 11.6 Å². The summed E-state index contributed by atoms with van der Waals surface area (Å²) in [6.07, 6.45) is 5.15. The number of aromatic nitrogens is 2. The van der Waals surface area contributed by atoms with E-state index in [0.717, 1.165) is 5.69 Å². The van der Waals surface area contributed by atoms with E-state index in [1.165, 1.54) is 18.2 Å². The molecule has 0 bridgehead atoms. The molecule has 1 atom stereocenters. The number of hydrogen-bond acceptors (Lipinski definition) is 3. The monoisotopic (exact) mass is 263 g/mol. The van der Waals surface area contributed by atoms with Crippen molar-refractivity contribution in [1.82, 2.24) is 15.3 Å². The first kappa shape index (κ1) is 13.5. The Morgan fingerprint density at radius 2 is 1.95 bits per heavy atom. The van der Waals surface area contributed by atoms with Gasteiger partial charge in [-0.2, -0.15) is 0 Å². The van der Waals surface area contributed by atoms with Gasteiger partial charge in [0.1, 0.15) is 11.6 Å². The van der Waals surface area contributed by atoms with E-state index in [2.05, 4.69) is 15.3 Å². The molecular weight excluding hydrogens is 248 g/mol. The van der Waals surface area contributed by atoms with E-state index >= 15 is 0 Å². The average molecular weight is 263 g/mol. The molecule has 0 saturated heterocycles. The topological polar surface area (TPSA) is 37.8 Å². The van der Waals surface area contributed by atoms with Crippen LogP contribution in [0.1, 0.15) is 18.2 Å². The number of nitrogens with zero attached hydrogens (tertiary/aromatic N) is 2. The highest BCUT2D eigenvalue weighted by Gasteiger charge is 2.12. The van der Waals surface area contributed by atoms with Crippen molar-refractivity contribution in [3.63, 3.8) is 0 Å². The molecule has 0 amide bonds. The minimum atomic E-state index is -0.506. The summed E-state index contributed by atoms with van der Waals surface area (Å²) in [4.78, 5) is 8.07. The lowest BCUT2D eigenvalue weighted by atomic mass is 10.1. The second-order valence-corrected chi connectivity index (χ2v) is 4.38. The van der Waals surface area contributed by atoms with Crippen molar-refractivity contribution in [3.8, 4) is 0 Å². The van der Waals surface area contributed by atoms with Crippen molar-refractivity contribution >= 4 is 0 Å². The molecule has 3 nitrogen and oxygen atoms in total. The minimum Gasteiger partial charge on any atom is -0.308 e. The van der Waals surface area contributed by atoms with E-state index in [0.29, 0.717) is 13.0 Å². The van der Waals surface area contributed by atoms with E-state index in [1.54, 1.807) is 18.6 Å². The summed E-state index contributed by atoms with van der Waals surface area (Å²) in [5.74, 6) is -1.01. The lowest BCUT2D eigenvalue weighted by molar-refractivity contribution is 0.496. The first-order valence-corrected chi connectivity index (χ1v) is 6.08. The fourth-order valence-corrected chi connectivity index (χ4v) is 1.81. The fourth-order valence-electron chi connectivity index (χ4n) is 1.81. The van der Waals surface area contributed by atoms with Crippen LogP contribution in [-0.2, 0) is 13.0 Å². The third kappa shape index (κ3) is 3.79. The van der Waals surface area contributed by atoms with Gasteiger partial charge in [-0.25, -0.2) is 8.78 Å². The van der Waals surface area contributed by atoms with E-state index < -0.39 is 11.6 Å². The molecule has 0 aliphatic rings. The van der Waals surface area contributed by atoms with Gasteiger partial charge in [0.2, 0.25) is 0 Å². The molecule has 19 heavy (non-hydrogen) atoms. The van der Waals surface area contributed by atoms with E-state index in [9.17, 15) is 8.78 Å². The lowest BCUT2D eigenvalue weighted by Crippen LogP contribution is -2.28. The molecule has 0 fully saturated rings. The van der Waals surface area contributed by atoms with Gasteiger partial charge >= 0.3 is 0 Å². The van der Waals surface area contributed by atoms with Gasteiger partial charge in [-0.15, -0.1) is 0 Å². The summed E-state index contributed by atoms with van der Waals surface area (Å²) in [5.41, 5.74) is 0.907. The van der Waals surface area contributed by atoms with Crippen molar-refractivity contribution in [1.29, 1.82) is 0 Å². The quantitative estimate of drug-likeness (QED) is 0.900. The summed E-state index contributed by atoms with van der Waals surface area (Å²) >= 11 is 0. The molecule has 1 aromatic heterocycles. The summed E-state index contributed by atoms with van der Waals surface area (Å²) in [6.45, 7) is 2.40. The third-order valence-electron chi connectivity index (χ3n) is 2.82. The maximum atomic E-state index is 13.5. The molecular formula is C14H15F2N3. The molecule has 1 aromatic carbocycles. The number of rotatable bonds is 5. The predicted octanol–water partition coefficient (Wildman–Crippen LogP) is 2.48. The highest BCUT2D eigenvalue weighted by Crippen LogP contribution is 2.14. The maximum absolute atomic E-state index is 13.5. The number of hydrogen-bond donors (Lipinski definition) is 1. The van der Waals surface area contributed by atoms with E-state index in [4.69, 9.17) is 0 Å². The normalized spacial score (nSPS) is 12.4. The Morgan fingerprint density at radius 3 is 2.58 bits per heavy atom. The van der Waals surface area contributed by atoms with Crippen LogP contribution in [0.3, 0.4) is 0 Å². The lowest BCUT2D eigenvalue weighted by Gasteiger charge is -2.14. The van der Waals surface area contributed by atoms with Gasteiger partial charge in [0.05, 0.1) is 5.69 Å². The van der Waals surface area contributed by atoms with Crippen molar-refractivity contribution in [3.05, 3.63) is 59.7 Å². The molecule has 0 spiro atoms. The summed E-state index contributed by atoms with van der Waals surface area (Å²) in [5, 5.41) is 3.17. The fraction of sp³-hybridized carbons (Fsp3) is 0.286. The smallest absolute Gasteiger partial charge is 0.129 e. The van der Waals surface area contributed by atoms with Crippen molar-refractivity contribution in [2.45, 2.75) is 25.9 Å². The molecule has 2 aromatic rings. The standard InChI is InChI=1S/C14H15F2N3/c1-10(19-9-11-8-17-5-6-18-11)7-12-13(15)3-2-4-14(12)16/h2-6,8,10,19H,7,9H2,1H3. The summed E-state index contributed by atoms with van der Waals surface area (Å²) in [6, 6.07) is 3.85. The molecule has 5 heteroatoms. The van der Waals surface area contributed by atoms with Crippen molar-refractivity contribution < 1.29 is 8.78 Å². The molecule has 0 aliphatic heterocycles. The van der Waals surface area contributed by atoms with Gasteiger partial charge < -0.3 is 5.32 Å². The molecule has 0 radical (unpaired) electrons. The van der Waals surface area contributed by atoms with Gasteiger partial charge in [-0.05, 0) is 25.5 Å². The Bertz CT molecular complexity index is 511. The SMILES string of the molecule is CC(Cc1c(F)cccc1F)NCc1cnccn1. The third-order valence-corrected chi connectivity index (χ3v) is 2.82. The molecule has 100 valence electrons. The highest BCUT2D eigenvalue weighted by atomic mass is 19.1. The Balaban J connectivity index is 1.93. The summed E-state index contributed by atoms with van der Waals surface area (Å²) < 4.78 is 27.0. The van der Waals surface area contributed by atoms with Crippen LogP contribution >= 0.6 is 0 Å². The zero-order chi connectivity index (χ0) is 13.7. The number of halogens is 2. The second-order valence-electron chi connectivity index (χ2n) is 4.38. The number of nitrogens with one attached hydrogen (secondary N) is 1. The molecule has 1 N–H and O–H groups in total. The van der Waals surface area contributed by atoms with Crippen LogP contribution < -0.4 is 5.32 Å². The van der Waals surface area contributed by atoms with E-state index in [1.807, 2.05) is 6.92 Å². The highest BCUT2D eigenvalue weighted by molar-refractivity contribution is 5.20. The Labute approximate surface area is 110 Å². The van der Waals surface area contributed by atoms with Gasteiger partial charge in [-0.1, -0.05) is 6.07 Å². The maximum Gasteiger partial charge on any atom is 0.129 e. The van der Waals surface area contributed by atoms with Crippen LogP contribution in [0.15, 0.2) is 36.8 Å². The van der Waals surface area contributed by atoms with Crippen LogP contribution in [0.2, 0.25) is 0 Å². The summed E-state index contributed by atoms with van der Waals surface area (Å²) in [7, 11) is 0. The van der Waals surface area contributed by atoms with Crippen LogP contribution in [0.4, 0.5) is 8.78 Å². The predicted molar refractivity (Wildman–Crippen MR) is 68.4 cm³/mol. The van der Waals surface area contributed by atoms with Gasteiger partial charge in [-0.3, -0.25) is 9.97 Å². The van der Waals surface area contributed by atoms with Crippen LogP contribution in [0.25, 0.3) is 0 Å². The van der Waals surface area contributed by atoms with Crippen LogP contribution in [-0.4, -0.2) is 16.0 Å². The second kappa shape index (κ2) is 6.33. The largest absolute Gasteiger partial charge is 0.308 e. The molecule has 1 unspecified atom stereocenters. The van der Waals surface area contributed by atoms with Crippen LogP contribution in [0.5, 0.6) is 0 Å². The Kier molecular flexibility index (Phi) is 4.52. The van der Waals surface area contributed by atoms with Gasteiger partial charge in [0.25, 0.3) is 0 Å². The first-order chi connectivity index (χ1) is 9.16. The molecule has 0 aliphatic carbocycles. The van der Waals surface area contributed by atoms with Crippen molar-refractivity contribution in [2.24, 2.45) is 0 Å². The van der Waals surface area contributed by atoms with Gasteiger partial charge in [0, 0.05) is 36.7 Å². The van der Waals surface area contributed by atoms with Gasteiger partial charge in [0.15, 0.2) is 0 Å². The molecule has 2 rings (SSSR count). The Hall–Kier alpha value is -1.88. The minimum absolute atomic E-state index is 0.0617. The number of benzene rings is 1. The Morgan fingerprint density at radius 1 is 1.21 bits per heavy atom. The van der Waals surface area contributed by atoms with Crippen molar-refractivity contribution in [2.75, 3.05) is 0 Å². The zero-order valence-corrected chi connectivity index (χ0v) is 10.6. The molecule has 0 saturated carbocycles. The molecule has 1 heterocycles. The first-order valence-electron chi connectivity index (χ1n) is 6.08. The average Bonchev–Trinajstić information content (AvgIpc) is 2.42. The zero-order valence-electron chi connectivity index (χ0n) is 10.6.